The number of benzene rings is 2. The smallest absolute Gasteiger partial charge is 0.229 e. The van der Waals surface area contributed by atoms with Crippen LogP contribution in [0.4, 0.5) is 0 Å². The minimum absolute atomic E-state index is 0.0176. The van der Waals surface area contributed by atoms with Crippen molar-refractivity contribution in [1.82, 2.24) is 0 Å². The highest BCUT2D eigenvalue weighted by atomic mass is 16.7. The van der Waals surface area contributed by atoms with E-state index >= 15 is 0 Å². The van der Waals surface area contributed by atoms with Gasteiger partial charge in [0.25, 0.3) is 0 Å². The van der Waals surface area contributed by atoms with Crippen molar-refractivity contribution in [2.24, 2.45) is 0 Å². The van der Waals surface area contributed by atoms with Gasteiger partial charge in [0.2, 0.25) is 12.0 Å². The van der Waals surface area contributed by atoms with Crippen LogP contribution in [0.1, 0.15) is 0 Å². The molecule has 3 heterocycles. The summed E-state index contributed by atoms with van der Waals surface area (Å²) in [5.74, 6) is -2.27. The van der Waals surface area contributed by atoms with Crippen LogP contribution in [0.3, 0.4) is 0 Å². The van der Waals surface area contributed by atoms with Crippen molar-refractivity contribution in [1.29, 1.82) is 0 Å². The second-order valence-electron chi connectivity index (χ2n) is 9.68. The second kappa shape index (κ2) is 11.4. The number of phenols is 3. The van der Waals surface area contributed by atoms with E-state index in [-0.39, 0.29) is 29.1 Å². The molecule has 15 heteroatoms. The van der Waals surface area contributed by atoms with Gasteiger partial charge in [-0.2, -0.15) is 0 Å². The van der Waals surface area contributed by atoms with Crippen LogP contribution in [0.15, 0.2) is 45.6 Å². The van der Waals surface area contributed by atoms with Gasteiger partial charge in [-0.1, -0.05) is 0 Å². The first-order chi connectivity index (χ1) is 19.5. The molecule has 0 saturated carbocycles. The quantitative estimate of drug-likeness (QED) is 0.146. The Morgan fingerprint density at radius 3 is 2.20 bits per heavy atom. The first-order valence-electron chi connectivity index (χ1n) is 12.4. The molecule has 1 aromatic heterocycles. The maximum Gasteiger partial charge on any atom is 0.229 e. The molecule has 2 fully saturated rings. The van der Waals surface area contributed by atoms with Crippen molar-refractivity contribution >= 4 is 11.0 Å². The van der Waals surface area contributed by atoms with E-state index in [1.54, 1.807) is 0 Å². The van der Waals surface area contributed by atoms with Crippen LogP contribution in [0.5, 0.6) is 23.0 Å². The van der Waals surface area contributed by atoms with E-state index in [1.807, 2.05) is 0 Å². The van der Waals surface area contributed by atoms with Crippen molar-refractivity contribution in [3.05, 3.63) is 46.6 Å². The van der Waals surface area contributed by atoms with Crippen LogP contribution >= 0.6 is 0 Å². The molecule has 5 rings (SSSR count). The first kappa shape index (κ1) is 29.0. The summed E-state index contributed by atoms with van der Waals surface area (Å²) in [6, 6.07) is 7.84. The molecule has 0 unspecified atom stereocenters. The molecule has 2 saturated heterocycles. The number of fused-ring (bicyclic) bond motifs is 1. The highest BCUT2D eigenvalue weighted by molar-refractivity contribution is 5.89. The molecule has 0 aliphatic carbocycles. The van der Waals surface area contributed by atoms with E-state index in [0.29, 0.717) is 5.56 Å². The predicted molar refractivity (Wildman–Crippen MR) is 134 cm³/mol. The molecule has 41 heavy (non-hydrogen) atoms. The Balaban J connectivity index is 1.39. The summed E-state index contributed by atoms with van der Waals surface area (Å²) in [5, 5.41) is 90.9. The Hall–Kier alpha value is -3.51. The van der Waals surface area contributed by atoms with Gasteiger partial charge in [0, 0.05) is 17.7 Å². The van der Waals surface area contributed by atoms with Gasteiger partial charge in [-0.15, -0.1) is 0 Å². The van der Waals surface area contributed by atoms with Gasteiger partial charge < -0.3 is 69.3 Å². The summed E-state index contributed by atoms with van der Waals surface area (Å²) in [4.78, 5) is 12.7. The van der Waals surface area contributed by atoms with Crippen LogP contribution in [0.25, 0.3) is 22.3 Å². The normalized spacial score (nSPS) is 32.2. The molecule has 2 aliphatic heterocycles. The Morgan fingerprint density at radius 2 is 1.49 bits per heavy atom. The Morgan fingerprint density at radius 1 is 0.805 bits per heavy atom. The molecule has 222 valence electrons. The summed E-state index contributed by atoms with van der Waals surface area (Å²) in [6.45, 7) is -0.894. The molecule has 9 atom stereocenters. The predicted octanol–water partition coefficient (Wildman–Crippen LogP) is -1.78. The molecule has 2 aliphatic rings. The maximum atomic E-state index is 12.7. The van der Waals surface area contributed by atoms with Crippen LogP contribution in [0.2, 0.25) is 0 Å². The fourth-order valence-corrected chi connectivity index (χ4v) is 4.52. The third-order valence-electron chi connectivity index (χ3n) is 6.87. The maximum absolute atomic E-state index is 12.7. The minimum Gasteiger partial charge on any atom is -0.508 e. The van der Waals surface area contributed by atoms with Crippen molar-refractivity contribution in [3.63, 3.8) is 0 Å². The molecular weight excluding hydrogens is 552 g/mol. The van der Waals surface area contributed by atoms with Crippen LogP contribution < -0.4 is 10.2 Å². The molecule has 0 amide bonds. The highest BCUT2D eigenvalue weighted by Crippen LogP contribution is 2.42. The van der Waals surface area contributed by atoms with Crippen molar-refractivity contribution in [3.8, 4) is 34.3 Å². The lowest BCUT2D eigenvalue weighted by Gasteiger charge is -2.41. The number of aliphatic hydroxyl groups is 6. The minimum atomic E-state index is -1.87. The number of ether oxygens (including phenoxy) is 4. The fourth-order valence-electron chi connectivity index (χ4n) is 4.52. The monoisotopic (exact) mass is 580 g/mol. The average Bonchev–Trinajstić information content (AvgIpc) is 2.95. The Bertz CT molecular complexity index is 1440. The summed E-state index contributed by atoms with van der Waals surface area (Å²) in [5.41, 5.74) is -0.513. The lowest BCUT2D eigenvalue weighted by atomic mass is 9.99. The van der Waals surface area contributed by atoms with E-state index in [0.717, 1.165) is 12.1 Å². The molecule has 3 aromatic rings. The van der Waals surface area contributed by atoms with Gasteiger partial charge in [0.1, 0.15) is 65.2 Å². The van der Waals surface area contributed by atoms with Crippen molar-refractivity contribution < 1.29 is 69.3 Å². The van der Waals surface area contributed by atoms with Crippen molar-refractivity contribution in [2.45, 2.75) is 55.3 Å². The summed E-state index contributed by atoms with van der Waals surface area (Å²) in [6.07, 6.45) is -14.6. The number of aliphatic hydroxyl groups excluding tert-OH is 6. The molecule has 2 aromatic carbocycles. The van der Waals surface area contributed by atoms with E-state index in [1.165, 1.54) is 24.3 Å². The largest absolute Gasteiger partial charge is 0.508 e. The van der Waals surface area contributed by atoms with Crippen molar-refractivity contribution in [2.75, 3.05) is 13.2 Å². The second-order valence-corrected chi connectivity index (χ2v) is 9.68. The van der Waals surface area contributed by atoms with E-state index < -0.39 is 84.6 Å². The van der Waals surface area contributed by atoms with Crippen LogP contribution in [-0.4, -0.2) is 114 Å². The van der Waals surface area contributed by atoms with E-state index in [9.17, 15) is 50.8 Å². The lowest BCUT2D eigenvalue weighted by molar-refractivity contribution is -0.307. The third-order valence-corrected chi connectivity index (χ3v) is 6.87. The first-order valence-corrected chi connectivity index (χ1v) is 12.4. The van der Waals surface area contributed by atoms with E-state index in [4.69, 9.17) is 23.4 Å². The van der Waals surface area contributed by atoms with Gasteiger partial charge in [-0.3, -0.25) is 4.79 Å². The zero-order chi connectivity index (χ0) is 29.6. The fraction of sp³-hybridized carbons (Fsp3) is 0.423. The van der Waals surface area contributed by atoms with Crippen LogP contribution in [0, 0.1) is 0 Å². The molecular formula is C26H28O15. The topological polar surface area (TPSA) is 249 Å². The third kappa shape index (κ3) is 5.54. The zero-order valence-electron chi connectivity index (χ0n) is 21.0. The summed E-state index contributed by atoms with van der Waals surface area (Å²) < 4.78 is 27.3. The van der Waals surface area contributed by atoms with Gasteiger partial charge in [0.15, 0.2) is 23.2 Å². The highest BCUT2D eigenvalue weighted by Gasteiger charge is 2.46. The summed E-state index contributed by atoms with van der Waals surface area (Å²) in [7, 11) is 0. The lowest BCUT2D eigenvalue weighted by Crippen LogP contribution is -2.61. The van der Waals surface area contributed by atoms with Crippen LogP contribution in [-0.2, 0) is 14.2 Å². The van der Waals surface area contributed by atoms with E-state index in [2.05, 4.69) is 0 Å². The Kier molecular flexibility index (Phi) is 8.06. The van der Waals surface area contributed by atoms with Gasteiger partial charge in [-0.25, -0.2) is 0 Å². The molecule has 0 bridgehead atoms. The number of hydrogen-bond acceptors (Lipinski definition) is 15. The summed E-state index contributed by atoms with van der Waals surface area (Å²) >= 11 is 0. The molecule has 15 nitrogen and oxygen atoms in total. The van der Waals surface area contributed by atoms with Gasteiger partial charge >= 0.3 is 0 Å². The molecule has 9 N–H and O–H groups in total. The Labute approximate surface area is 230 Å². The zero-order valence-corrected chi connectivity index (χ0v) is 21.0. The van der Waals surface area contributed by atoms with Gasteiger partial charge in [0.05, 0.1) is 13.2 Å². The molecule has 0 radical (unpaired) electrons. The number of phenolic OH excluding ortho intramolecular Hbond substituents is 3. The number of rotatable bonds is 6. The molecule has 0 spiro atoms. The average molecular weight is 580 g/mol. The van der Waals surface area contributed by atoms with Gasteiger partial charge in [-0.05, 0) is 24.3 Å². The number of hydrogen-bond donors (Lipinski definition) is 9. The standard InChI is InChI=1S/C26H28O15/c27-10-3-1-9(2-4-10)13-5-11(28)17-14(39-13)6-15(19(31)21(17)33)40-26-24(36)22(34)20(32)16(41-26)8-38-25-23(35)18(30)12(29)7-37-25/h1-6,12,16,18,20,22-27,29-36H,7-8H2/t12-,16-,18+,20+,22+,23-,24-,25+,26-/m1/s1. The SMILES string of the molecule is O=c1cc(-c2ccc(O)cc2)oc2cc(O[C@@H]3O[C@H](CO[C@@H]4OC[C@@H](O)[C@H](O)[C@H]4O)[C@H](O)[C@H](O)[C@H]3O)c(O)c(O)c12. The number of aromatic hydroxyl groups is 3.